The van der Waals surface area contributed by atoms with Crippen molar-refractivity contribution in [1.29, 1.82) is 0 Å². The molecule has 0 rings (SSSR count). The number of esters is 1. The Morgan fingerprint density at radius 1 is 0.658 bits per heavy atom. The maximum Gasteiger partial charge on any atom is 0.306 e. The van der Waals surface area contributed by atoms with Gasteiger partial charge in [0.25, 0.3) is 0 Å². The average molecular weight is 533 g/mol. The molecule has 4 heteroatoms. The lowest BCUT2D eigenvalue weighted by atomic mass is 10.1. The molecule has 0 aromatic carbocycles. The van der Waals surface area contributed by atoms with Crippen LogP contribution in [0.15, 0.2) is 48.6 Å². The minimum Gasteiger partial charge on any atom is -0.457 e. The molecule has 0 saturated heterocycles. The van der Waals surface area contributed by atoms with E-state index in [-0.39, 0.29) is 19.2 Å². The Labute approximate surface area is 235 Å². The van der Waals surface area contributed by atoms with Gasteiger partial charge in [0.1, 0.15) is 6.10 Å². The smallest absolute Gasteiger partial charge is 0.306 e. The number of carbonyl (C=O) groups is 1. The number of hydrogen-bond acceptors (Lipinski definition) is 4. The van der Waals surface area contributed by atoms with Crippen LogP contribution in [0.4, 0.5) is 0 Å². The Morgan fingerprint density at radius 2 is 1.18 bits per heavy atom. The molecule has 38 heavy (non-hydrogen) atoms. The zero-order chi connectivity index (χ0) is 27.8. The average Bonchev–Trinajstić information content (AvgIpc) is 2.92. The first-order chi connectivity index (χ1) is 18.7. The van der Waals surface area contributed by atoms with Crippen LogP contribution in [0.25, 0.3) is 0 Å². The van der Waals surface area contributed by atoms with Crippen LogP contribution in [0.5, 0.6) is 0 Å². The third kappa shape index (κ3) is 28.9. The van der Waals surface area contributed by atoms with Gasteiger partial charge in [0.2, 0.25) is 0 Å². The fourth-order valence-electron chi connectivity index (χ4n) is 4.08. The Morgan fingerprint density at radius 3 is 1.74 bits per heavy atom. The zero-order valence-corrected chi connectivity index (χ0v) is 24.9. The summed E-state index contributed by atoms with van der Waals surface area (Å²) in [6.45, 7) is 5.17. The summed E-state index contributed by atoms with van der Waals surface area (Å²) in [7, 11) is 0. The molecule has 0 aromatic rings. The highest BCUT2D eigenvalue weighted by Crippen LogP contribution is 2.11. The predicted molar refractivity (Wildman–Crippen MR) is 163 cm³/mol. The summed E-state index contributed by atoms with van der Waals surface area (Å²) in [6, 6.07) is 0. The first-order valence-corrected chi connectivity index (χ1v) is 15.7. The van der Waals surface area contributed by atoms with Crippen molar-refractivity contribution in [1.82, 2.24) is 0 Å². The number of hydrogen-bond donors (Lipinski definition) is 1. The van der Waals surface area contributed by atoms with Crippen LogP contribution >= 0.6 is 0 Å². The third-order valence-electron chi connectivity index (χ3n) is 6.42. The summed E-state index contributed by atoms with van der Waals surface area (Å²) in [6.07, 6.45) is 38.5. The summed E-state index contributed by atoms with van der Waals surface area (Å²) in [5, 5.41) is 9.49. The molecule has 0 spiro atoms. The van der Waals surface area contributed by atoms with Crippen LogP contribution in [0.1, 0.15) is 136 Å². The molecular formula is C34H60O4. The molecule has 0 saturated carbocycles. The quantitative estimate of drug-likeness (QED) is 0.0619. The largest absolute Gasteiger partial charge is 0.457 e. The molecule has 0 bridgehead atoms. The maximum absolute atomic E-state index is 12.1. The highest BCUT2D eigenvalue weighted by Gasteiger charge is 2.13. The van der Waals surface area contributed by atoms with E-state index in [1.165, 1.54) is 64.2 Å². The van der Waals surface area contributed by atoms with Gasteiger partial charge in [-0.25, -0.2) is 0 Å². The number of allylic oxidation sites excluding steroid dienone is 8. The summed E-state index contributed by atoms with van der Waals surface area (Å²) in [5.41, 5.74) is 0. The van der Waals surface area contributed by atoms with E-state index in [9.17, 15) is 9.90 Å². The SMILES string of the molecule is CC/C=C\C/C=C\C/C=C\C/C=C\CCCCC(=O)OC(CO)COCCCCCCCCCCCCC. The molecule has 0 aromatic heterocycles. The van der Waals surface area contributed by atoms with Crippen molar-refractivity contribution in [3.63, 3.8) is 0 Å². The van der Waals surface area contributed by atoms with Gasteiger partial charge in [-0.3, -0.25) is 4.79 Å². The molecular weight excluding hydrogens is 472 g/mol. The maximum atomic E-state index is 12.1. The van der Waals surface area contributed by atoms with E-state index in [1.807, 2.05) is 0 Å². The summed E-state index contributed by atoms with van der Waals surface area (Å²) < 4.78 is 11.0. The van der Waals surface area contributed by atoms with E-state index >= 15 is 0 Å². The van der Waals surface area contributed by atoms with Gasteiger partial charge >= 0.3 is 5.97 Å². The van der Waals surface area contributed by atoms with Crippen molar-refractivity contribution in [3.8, 4) is 0 Å². The number of carbonyl (C=O) groups excluding carboxylic acids is 1. The third-order valence-corrected chi connectivity index (χ3v) is 6.42. The number of rotatable bonds is 28. The molecule has 0 heterocycles. The van der Waals surface area contributed by atoms with E-state index in [4.69, 9.17) is 9.47 Å². The molecule has 0 amide bonds. The van der Waals surface area contributed by atoms with Crippen LogP contribution in [-0.2, 0) is 14.3 Å². The summed E-state index contributed by atoms with van der Waals surface area (Å²) >= 11 is 0. The first kappa shape index (κ1) is 36.4. The first-order valence-electron chi connectivity index (χ1n) is 15.7. The highest BCUT2D eigenvalue weighted by atomic mass is 16.6. The summed E-state index contributed by atoms with van der Waals surface area (Å²) in [5.74, 6) is -0.243. The van der Waals surface area contributed by atoms with Crippen molar-refractivity contribution < 1.29 is 19.4 Å². The summed E-state index contributed by atoms with van der Waals surface area (Å²) in [4.78, 5) is 12.1. The normalized spacial score (nSPS) is 13.0. The molecule has 0 fully saturated rings. The number of aliphatic hydroxyl groups excluding tert-OH is 1. The standard InChI is InChI=1S/C34H60O4/c1-3-5-7-9-11-13-15-16-17-18-19-21-23-25-27-29-34(36)38-33(31-35)32-37-30-28-26-24-22-20-14-12-10-8-6-4-2/h5,7,11,13,16-17,19,21,33,35H,3-4,6,8-10,12,14-15,18,20,22-32H2,1-2H3/b7-5-,13-11-,17-16-,21-19-. The lowest BCUT2D eigenvalue weighted by Gasteiger charge is -2.15. The van der Waals surface area contributed by atoms with Crippen molar-refractivity contribution >= 4 is 5.97 Å². The van der Waals surface area contributed by atoms with E-state index in [2.05, 4.69) is 62.5 Å². The Hall–Kier alpha value is -1.65. The van der Waals surface area contributed by atoms with Gasteiger partial charge in [-0.1, -0.05) is 127 Å². The second-order valence-corrected chi connectivity index (χ2v) is 10.2. The van der Waals surface area contributed by atoms with Crippen LogP contribution in [0, 0.1) is 0 Å². The Balaban J connectivity index is 3.57. The van der Waals surface area contributed by atoms with Gasteiger partial charge in [0, 0.05) is 13.0 Å². The monoisotopic (exact) mass is 532 g/mol. The molecule has 1 unspecified atom stereocenters. The minimum atomic E-state index is -0.551. The van der Waals surface area contributed by atoms with Gasteiger partial charge in [0.15, 0.2) is 0 Å². The highest BCUT2D eigenvalue weighted by molar-refractivity contribution is 5.69. The van der Waals surface area contributed by atoms with Crippen LogP contribution in [0.3, 0.4) is 0 Å². The van der Waals surface area contributed by atoms with Gasteiger partial charge in [0.05, 0.1) is 13.2 Å². The lowest BCUT2D eigenvalue weighted by molar-refractivity contribution is -0.154. The van der Waals surface area contributed by atoms with E-state index in [0.29, 0.717) is 13.0 Å². The molecule has 4 nitrogen and oxygen atoms in total. The second kappa shape index (κ2) is 31.6. The molecule has 0 radical (unpaired) electrons. The number of ether oxygens (including phenoxy) is 2. The van der Waals surface area contributed by atoms with Crippen molar-refractivity contribution in [3.05, 3.63) is 48.6 Å². The molecule has 1 atom stereocenters. The number of unbranched alkanes of at least 4 members (excludes halogenated alkanes) is 12. The van der Waals surface area contributed by atoms with E-state index in [0.717, 1.165) is 51.4 Å². The van der Waals surface area contributed by atoms with Gasteiger partial charge < -0.3 is 14.6 Å². The second-order valence-electron chi connectivity index (χ2n) is 10.2. The van der Waals surface area contributed by atoms with Gasteiger partial charge in [-0.15, -0.1) is 0 Å². The molecule has 1 N–H and O–H groups in total. The van der Waals surface area contributed by atoms with Crippen molar-refractivity contribution in [2.24, 2.45) is 0 Å². The van der Waals surface area contributed by atoms with E-state index in [1.54, 1.807) is 0 Å². The van der Waals surface area contributed by atoms with Crippen LogP contribution in [-0.4, -0.2) is 37.0 Å². The van der Waals surface area contributed by atoms with Gasteiger partial charge in [-0.05, 0) is 51.4 Å². The Kier molecular flexibility index (Phi) is 30.2. The minimum absolute atomic E-state index is 0.189. The van der Waals surface area contributed by atoms with Crippen molar-refractivity contribution in [2.45, 2.75) is 142 Å². The predicted octanol–water partition coefficient (Wildman–Crippen LogP) is 9.58. The van der Waals surface area contributed by atoms with Crippen LogP contribution < -0.4 is 0 Å². The molecule has 220 valence electrons. The van der Waals surface area contributed by atoms with Crippen LogP contribution in [0.2, 0.25) is 0 Å². The Bertz CT molecular complexity index is 606. The lowest BCUT2D eigenvalue weighted by Crippen LogP contribution is -2.27. The van der Waals surface area contributed by atoms with Gasteiger partial charge in [-0.2, -0.15) is 0 Å². The fourth-order valence-corrected chi connectivity index (χ4v) is 4.08. The number of aliphatic hydroxyl groups is 1. The molecule has 0 aliphatic rings. The molecule has 0 aliphatic carbocycles. The zero-order valence-electron chi connectivity index (χ0n) is 24.9. The topological polar surface area (TPSA) is 55.8 Å². The van der Waals surface area contributed by atoms with Crippen molar-refractivity contribution in [2.75, 3.05) is 19.8 Å². The molecule has 0 aliphatic heterocycles. The van der Waals surface area contributed by atoms with E-state index < -0.39 is 6.10 Å². The fraction of sp³-hybridized carbons (Fsp3) is 0.735.